The van der Waals surface area contributed by atoms with Crippen molar-refractivity contribution < 1.29 is 4.39 Å². The van der Waals surface area contributed by atoms with Gasteiger partial charge in [0.05, 0.1) is 5.56 Å². The van der Waals surface area contributed by atoms with Gasteiger partial charge in [-0.3, -0.25) is 0 Å². The molecule has 0 aliphatic rings. The summed E-state index contributed by atoms with van der Waals surface area (Å²) < 4.78 is 14.6. The molecule has 0 atom stereocenters. The van der Waals surface area contributed by atoms with Crippen molar-refractivity contribution in [1.82, 2.24) is 9.97 Å². The molecule has 0 unspecified atom stereocenters. The van der Waals surface area contributed by atoms with Crippen LogP contribution in [-0.2, 0) is 12.8 Å². The van der Waals surface area contributed by atoms with Crippen LogP contribution in [0.3, 0.4) is 0 Å². The molecule has 3 rings (SSSR count). The first kappa shape index (κ1) is 19.2. The molecule has 0 N–H and O–H groups in total. The van der Waals surface area contributed by atoms with Crippen LogP contribution >= 0.6 is 0 Å². The first-order valence-corrected chi connectivity index (χ1v) is 9.92. The van der Waals surface area contributed by atoms with Gasteiger partial charge in [0.25, 0.3) is 0 Å². The quantitative estimate of drug-likeness (QED) is 0.332. The Kier molecular flexibility index (Phi) is 6.69. The van der Waals surface area contributed by atoms with E-state index < -0.39 is 5.95 Å². The smallest absolute Gasteiger partial charge is 0.224 e. The molecule has 0 saturated heterocycles. The molecule has 0 amide bonds. The number of benzene rings is 2. The van der Waals surface area contributed by atoms with Gasteiger partial charge < -0.3 is 0 Å². The number of hydrogen-bond donors (Lipinski definition) is 0. The lowest BCUT2D eigenvalue weighted by Crippen LogP contribution is -1.96. The Morgan fingerprint density at radius 3 is 1.96 bits per heavy atom. The minimum Gasteiger partial charge on any atom is -0.236 e. The van der Waals surface area contributed by atoms with E-state index >= 15 is 0 Å². The predicted octanol–water partition coefficient (Wildman–Crippen LogP) is 6.63. The van der Waals surface area contributed by atoms with E-state index in [2.05, 4.69) is 35.9 Å². The van der Waals surface area contributed by atoms with Crippen molar-refractivity contribution in [2.45, 2.75) is 52.4 Å². The van der Waals surface area contributed by atoms with Crippen LogP contribution in [0.5, 0.6) is 0 Å². The molecule has 0 saturated carbocycles. The Labute approximate surface area is 161 Å². The van der Waals surface area contributed by atoms with Crippen LogP contribution in [0.1, 0.15) is 50.7 Å². The summed E-state index contributed by atoms with van der Waals surface area (Å²) >= 11 is 0. The second-order valence-electron chi connectivity index (χ2n) is 7.00. The first-order chi connectivity index (χ1) is 13.2. The molecular formula is C24H27FN2. The highest BCUT2D eigenvalue weighted by molar-refractivity contribution is 5.64. The summed E-state index contributed by atoms with van der Waals surface area (Å²) in [7, 11) is 0. The summed E-state index contributed by atoms with van der Waals surface area (Å²) in [5, 5.41) is 0. The zero-order valence-electron chi connectivity index (χ0n) is 16.2. The number of rotatable bonds is 8. The Balaban J connectivity index is 1.76. The Morgan fingerprint density at radius 2 is 1.37 bits per heavy atom. The van der Waals surface area contributed by atoms with Gasteiger partial charge in [0.15, 0.2) is 5.82 Å². The van der Waals surface area contributed by atoms with Crippen molar-refractivity contribution in [3.63, 3.8) is 0 Å². The summed E-state index contributed by atoms with van der Waals surface area (Å²) in [6.45, 7) is 4.36. The van der Waals surface area contributed by atoms with Gasteiger partial charge in [-0.1, -0.05) is 81.6 Å². The Morgan fingerprint density at radius 1 is 0.741 bits per heavy atom. The summed E-state index contributed by atoms with van der Waals surface area (Å²) in [6.07, 6.45) is 8.47. The van der Waals surface area contributed by atoms with Crippen LogP contribution in [0, 0.1) is 5.95 Å². The lowest BCUT2D eigenvalue weighted by Gasteiger charge is -2.07. The molecule has 0 aliphatic carbocycles. The van der Waals surface area contributed by atoms with Crippen molar-refractivity contribution >= 4 is 0 Å². The number of unbranched alkanes of at least 4 members (excludes halogenated alkanes) is 2. The molecule has 0 radical (unpaired) electrons. The zero-order valence-corrected chi connectivity index (χ0v) is 16.2. The maximum absolute atomic E-state index is 14.6. The van der Waals surface area contributed by atoms with Gasteiger partial charge in [-0.05, 0) is 36.0 Å². The van der Waals surface area contributed by atoms with Crippen molar-refractivity contribution in [2.75, 3.05) is 0 Å². The molecule has 3 aromatic rings. The largest absolute Gasteiger partial charge is 0.236 e. The van der Waals surface area contributed by atoms with E-state index in [1.165, 1.54) is 30.4 Å². The van der Waals surface area contributed by atoms with Gasteiger partial charge >= 0.3 is 0 Å². The van der Waals surface area contributed by atoms with Gasteiger partial charge in [-0.15, -0.1) is 0 Å². The second kappa shape index (κ2) is 9.40. The highest BCUT2D eigenvalue weighted by atomic mass is 19.1. The molecular weight excluding hydrogens is 335 g/mol. The van der Waals surface area contributed by atoms with Gasteiger partial charge in [-0.25, -0.2) is 4.98 Å². The topological polar surface area (TPSA) is 25.8 Å². The van der Waals surface area contributed by atoms with Crippen LogP contribution in [0.25, 0.3) is 22.5 Å². The number of hydrogen-bond acceptors (Lipinski definition) is 2. The summed E-state index contributed by atoms with van der Waals surface area (Å²) in [5.41, 5.74) is 4.66. The third-order valence-corrected chi connectivity index (χ3v) is 4.83. The SMILES string of the molecule is CCCCCc1ccc(-c2ncc(-c3ccc(CCC)cc3)c(F)n2)cc1. The molecule has 1 heterocycles. The highest BCUT2D eigenvalue weighted by Gasteiger charge is 2.10. The van der Waals surface area contributed by atoms with E-state index in [0.717, 1.165) is 30.4 Å². The van der Waals surface area contributed by atoms with Crippen molar-refractivity contribution in [3.05, 3.63) is 71.8 Å². The number of aromatic nitrogens is 2. The van der Waals surface area contributed by atoms with E-state index in [0.29, 0.717) is 11.4 Å². The Hall–Kier alpha value is -2.55. The minimum atomic E-state index is -0.477. The fourth-order valence-corrected chi connectivity index (χ4v) is 3.23. The normalized spacial score (nSPS) is 10.9. The highest BCUT2D eigenvalue weighted by Crippen LogP contribution is 2.24. The van der Waals surface area contributed by atoms with E-state index in [4.69, 9.17) is 0 Å². The average Bonchev–Trinajstić information content (AvgIpc) is 2.70. The fourth-order valence-electron chi connectivity index (χ4n) is 3.23. The maximum Gasteiger partial charge on any atom is 0.224 e. The molecule has 3 heteroatoms. The van der Waals surface area contributed by atoms with Gasteiger partial charge in [0, 0.05) is 11.8 Å². The van der Waals surface area contributed by atoms with Gasteiger partial charge in [-0.2, -0.15) is 9.37 Å². The molecule has 27 heavy (non-hydrogen) atoms. The van der Waals surface area contributed by atoms with Gasteiger partial charge in [0.1, 0.15) is 0 Å². The number of aryl methyl sites for hydroxylation is 2. The molecule has 0 aliphatic heterocycles. The van der Waals surface area contributed by atoms with Crippen LogP contribution in [-0.4, -0.2) is 9.97 Å². The maximum atomic E-state index is 14.6. The molecule has 0 fully saturated rings. The van der Waals surface area contributed by atoms with Gasteiger partial charge in [0.2, 0.25) is 5.95 Å². The standard InChI is InChI=1S/C24H27FN2/c1-3-5-6-8-19-11-15-21(16-12-19)24-26-17-22(23(25)27-24)20-13-9-18(7-4-2)10-14-20/h9-17H,3-8H2,1-2H3. The number of halogens is 1. The third-order valence-electron chi connectivity index (χ3n) is 4.83. The Bertz CT molecular complexity index is 855. The summed E-state index contributed by atoms with van der Waals surface area (Å²) in [4.78, 5) is 8.50. The first-order valence-electron chi connectivity index (χ1n) is 9.92. The summed E-state index contributed by atoms with van der Waals surface area (Å²) in [6, 6.07) is 16.1. The van der Waals surface area contributed by atoms with Crippen LogP contribution in [0.2, 0.25) is 0 Å². The zero-order chi connectivity index (χ0) is 19.1. The predicted molar refractivity (Wildman–Crippen MR) is 110 cm³/mol. The lowest BCUT2D eigenvalue weighted by molar-refractivity contribution is 0.585. The molecule has 140 valence electrons. The monoisotopic (exact) mass is 362 g/mol. The van der Waals surface area contributed by atoms with Crippen molar-refractivity contribution in [1.29, 1.82) is 0 Å². The van der Waals surface area contributed by atoms with Crippen LogP contribution in [0.4, 0.5) is 4.39 Å². The van der Waals surface area contributed by atoms with Crippen molar-refractivity contribution in [3.8, 4) is 22.5 Å². The van der Waals surface area contributed by atoms with Crippen LogP contribution < -0.4 is 0 Å². The van der Waals surface area contributed by atoms with Crippen LogP contribution in [0.15, 0.2) is 54.7 Å². The number of nitrogens with zero attached hydrogens (tertiary/aromatic N) is 2. The third kappa shape index (κ3) is 5.00. The summed E-state index contributed by atoms with van der Waals surface area (Å²) in [5.74, 6) is -0.0470. The van der Waals surface area contributed by atoms with E-state index in [9.17, 15) is 4.39 Å². The molecule has 2 nitrogen and oxygen atoms in total. The second-order valence-corrected chi connectivity index (χ2v) is 7.00. The van der Waals surface area contributed by atoms with Crippen molar-refractivity contribution in [2.24, 2.45) is 0 Å². The molecule has 1 aromatic heterocycles. The average molecular weight is 362 g/mol. The fraction of sp³-hybridized carbons (Fsp3) is 0.333. The van der Waals surface area contributed by atoms with E-state index in [-0.39, 0.29) is 0 Å². The molecule has 0 spiro atoms. The van der Waals surface area contributed by atoms with E-state index in [1.807, 2.05) is 36.4 Å². The minimum absolute atomic E-state index is 0.430. The van der Waals surface area contributed by atoms with E-state index in [1.54, 1.807) is 6.20 Å². The molecule has 0 bridgehead atoms. The lowest BCUT2D eigenvalue weighted by atomic mass is 10.0. The molecule has 2 aromatic carbocycles.